The molecule has 1 aliphatic heterocycles. The topological polar surface area (TPSA) is 54.9 Å². The number of ether oxygens (including phenoxy) is 1. The van der Waals surface area contributed by atoms with E-state index < -0.39 is 0 Å². The van der Waals surface area contributed by atoms with Crippen molar-refractivity contribution >= 4 is 23.4 Å². The van der Waals surface area contributed by atoms with Crippen molar-refractivity contribution in [3.8, 4) is 5.75 Å². The molecule has 2 atom stereocenters. The molecule has 148 valence electrons. The molecule has 0 aliphatic carbocycles. The number of rotatable bonds is 6. The Hall–Kier alpha value is -2.76. The largest absolute Gasteiger partial charge is 0.497 e. The van der Waals surface area contributed by atoms with E-state index in [2.05, 4.69) is 34.9 Å². The lowest BCUT2D eigenvalue weighted by Gasteiger charge is -2.27. The number of hydrogen-bond donors (Lipinski definition) is 2. The number of fused-ring (bicyclic) bond motifs is 1. The number of benzene rings is 3. The minimum Gasteiger partial charge on any atom is -0.497 e. The first-order valence-corrected chi connectivity index (χ1v) is 10.8. The SMILES string of the molecule is COc1cccc(NC(=O)[C@@H]([NH2+][C@H]2CCSc3ccccc32)c2ccccc2)c1. The average Bonchev–Trinajstić information content (AvgIpc) is 2.78. The van der Waals surface area contributed by atoms with E-state index in [0.29, 0.717) is 0 Å². The molecule has 0 spiro atoms. The smallest absolute Gasteiger partial charge is 0.287 e. The summed E-state index contributed by atoms with van der Waals surface area (Å²) in [5, 5.41) is 5.29. The van der Waals surface area contributed by atoms with Crippen molar-refractivity contribution in [2.24, 2.45) is 0 Å². The van der Waals surface area contributed by atoms with Crippen LogP contribution in [0.5, 0.6) is 5.75 Å². The molecule has 0 unspecified atom stereocenters. The molecule has 0 saturated carbocycles. The molecule has 0 fully saturated rings. The second-order valence-corrected chi connectivity index (χ2v) is 8.22. The van der Waals surface area contributed by atoms with E-state index in [1.807, 2.05) is 66.4 Å². The molecule has 0 aromatic heterocycles. The first-order valence-electron chi connectivity index (χ1n) is 9.81. The number of anilines is 1. The van der Waals surface area contributed by atoms with Gasteiger partial charge in [0, 0.05) is 39.9 Å². The van der Waals surface area contributed by atoms with Crippen LogP contribution in [0.3, 0.4) is 0 Å². The summed E-state index contributed by atoms with van der Waals surface area (Å²) in [6, 6.07) is 25.9. The Labute approximate surface area is 175 Å². The minimum atomic E-state index is -0.330. The number of thioether (sulfide) groups is 1. The molecular weight excluding hydrogens is 380 g/mol. The second-order valence-electron chi connectivity index (χ2n) is 7.08. The molecule has 3 N–H and O–H groups in total. The maximum atomic E-state index is 13.3. The molecule has 1 heterocycles. The van der Waals surface area contributed by atoms with Crippen LogP contribution >= 0.6 is 11.8 Å². The van der Waals surface area contributed by atoms with E-state index in [9.17, 15) is 4.79 Å². The third kappa shape index (κ3) is 4.63. The van der Waals surface area contributed by atoms with Crippen molar-refractivity contribution in [1.82, 2.24) is 0 Å². The van der Waals surface area contributed by atoms with Crippen molar-refractivity contribution in [2.75, 3.05) is 18.2 Å². The van der Waals surface area contributed by atoms with Crippen molar-refractivity contribution in [2.45, 2.75) is 23.4 Å². The van der Waals surface area contributed by atoms with Gasteiger partial charge in [-0.25, -0.2) is 0 Å². The highest BCUT2D eigenvalue weighted by Gasteiger charge is 2.31. The lowest BCUT2D eigenvalue weighted by molar-refractivity contribution is -0.722. The number of methoxy groups -OCH3 is 1. The fourth-order valence-electron chi connectivity index (χ4n) is 3.73. The predicted octanol–water partition coefficient (Wildman–Crippen LogP) is 4.18. The van der Waals surface area contributed by atoms with Crippen LogP contribution in [0.25, 0.3) is 0 Å². The molecule has 3 aromatic carbocycles. The molecule has 29 heavy (non-hydrogen) atoms. The predicted molar refractivity (Wildman–Crippen MR) is 117 cm³/mol. The van der Waals surface area contributed by atoms with Gasteiger partial charge in [0.2, 0.25) is 0 Å². The van der Waals surface area contributed by atoms with Crippen molar-refractivity contribution in [1.29, 1.82) is 0 Å². The summed E-state index contributed by atoms with van der Waals surface area (Å²) in [6.07, 6.45) is 1.04. The maximum Gasteiger partial charge on any atom is 0.287 e. The van der Waals surface area contributed by atoms with Gasteiger partial charge in [-0.05, 0) is 18.2 Å². The third-order valence-electron chi connectivity index (χ3n) is 5.21. The van der Waals surface area contributed by atoms with Crippen LogP contribution in [0.15, 0.2) is 83.8 Å². The molecular formula is C24H25N2O2S+. The van der Waals surface area contributed by atoms with E-state index in [0.717, 1.165) is 29.2 Å². The van der Waals surface area contributed by atoms with E-state index in [-0.39, 0.29) is 18.0 Å². The first-order chi connectivity index (χ1) is 14.2. The van der Waals surface area contributed by atoms with Crippen molar-refractivity contribution in [3.63, 3.8) is 0 Å². The fourth-order valence-corrected chi connectivity index (χ4v) is 4.89. The summed E-state index contributed by atoms with van der Waals surface area (Å²) in [7, 11) is 1.63. The molecule has 0 bridgehead atoms. The van der Waals surface area contributed by atoms with Gasteiger partial charge in [-0.2, -0.15) is 0 Å². The van der Waals surface area contributed by atoms with Crippen molar-refractivity contribution in [3.05, 3.63) is 90.0 Å². The Kier molecular flexibility index (Phi) is 6.17. The van der Waals surface area contributed by atoms with Gasteiger partial charge in [0.15, 0.2) is 6.04 Å². The molecule has 4 rings (SSSR count). The van der Waals surface area contributed by atoms with E-state index in [1.54, 1.807) is 7.11 Å². The zero-order chi connectivity index (χ0) is 20.1. The second kappa shape index (κ2) is 9.16. The van der Waals surface area contributed by atoms with Crippen LogP contribution in [0.2, 0.25) is 0 Å². The molecule has 4 nitrogen and oxygen atoms in total. The van der Waals surface area contributed by atoms with E-state index in [4.69, 9.17) is 4.74 Å². The number of carbonyl (C=O) groups excluding carboxylic acids is 1. The Balaban J connectivity index is 1.60. The summed E-state index contributed by atoms with van der Waals surface area (Å²) in [6.45, 7) is 0. The summed E-state index contributed by atoms with van der Waals surface area (Å²) < 4.78 is 5.28. The molecule has 5 heteroatoms. The number of hydrogen-bond acceptors (Lipinski definition) is 3. The van der Waals surface area contributed by atoms with Gasteiger partial charge in [-0.15, -0.1) is 11.8 Å². The Morgan fingerprint density at radius 1 is 1.07 bits per heavy atom. The molecule has 0 saturated heterocycles. The van der Waals surface area contributed by atoms with Gasteiger partial charge < -0.3 is 15.4 Å². The van der Waals surface area contributed by atoms with Crippen LogP contribution in [-0.2, 0) is 4.79 Å². The minimum absolute atomic E-state index is 0.0276. The zero-order valence-corrected chi connectivity index (χ0v) is 17.2. The highest BCUT2D eigenvalue weighted by atomic mass is 32.2. The third-order valence-corrected chi connectivity index (χ3v) is 6.33. The number of amides is 1. The first kappa shape index (κ1) is 19.6. The highest BCUT2D eigenvalue weighted by molar-refractivity contribution is 7.99. The summed E-state index contributed by atoms with van der Waals surface area (Å²) in [5.41, 5.74) is 3.06. The van der Waals surface area contributed by atoms with E-state index in [1.165, 1.54) is 10.5 Å². The van der Waals surface area contributed by atoms with Crippen LogP contribution in [-0.4, -0.2) is 18.8 Å². The van der Waals surface area contributed by atoms with E-state index >= 15 is 0 Å². The van der Waals surface area contributed by atoms with Crippen LogP contribution in [0, 0.1) is 0 Å². The van der Waals surface area contributed by atoms with Gasteiger partial charge >= 0.3 is 0 Å². The van der Waals surface area contributed by atoms with Gasteiger partial charge in [-0.1, -0.05) is 54.6 Å². The Morgan fingerprint density at radius 2 is 1.86 bits per heavy atom. The van der Waals surface area contributed by atoms with Gasteiger partial charge in [0.25, 0.3) is 5.91 Å². The lowest BCUT2D eigenvalue weighted by atomic mass is 9.99. The zero-order valence-electron chi connectivity index (χ0n) is 16.4. The quantitative estimate of drug-likeness (QED) is 0.647. The maximum absolute atomic E-state index is 13.3. The van der Waals surface area contributed by atoms with Gasteiger partial charge in [-0.3, -0.25) is 4.79 Å². The molecule has 0 radical (unpaired) electrons. The van der Waals surface area contributed by atoms with Crippen LogP contribution < -0.4 is 15.4 Å². The average molecular weight is 406 g/mol. The Morgan fingerprint density at radius 3 is 2.69 bits per heavy atom. The standard InChI is InChI=1S/C24H24N2O2S/c1-28-19-11-7-10-18(16-19)25-24(27)23(17-8-3-2-4-9-17)26-21-14-15-29-22-13-6-5-12-20(21)22/h2-13,16,21,23,26H,14-15H2,1H3,(H,25,27)/p+1/t21-,23-/m0/s1. The summed E-state index contributed by atoms with van der Waals surface area (Å²) in [5.74, 6) is 1.76. The number of nitrogens with two attached hydrogens (primary N) is 1. The van der Waals surface area contributed by atoms with Crippen molar-refractivity contribution < 1.29 is 14.8 Å². The number of carbonyl (C=O) groups is 1. The van der Waals surface area contributed by atoms with Crippen LogP contribution in [0.4, 0.5) is 5.69 Å². The van der Waals surface area contributed by atoms with Crippen LogP contribution in [0.1, 0.15) is 29.6 Å². The van der Waals surface area contributed by atoms with Gasteiger partial charge in [0.1, 0.15) is 11.8 Å². The Bertz CT molecular complexity index is 977. The van der Waals surface area contributed by atoms with Gasteiger partial charge in [0.05, 0.1) is 7.11 Å². The fraction of sp³-hybridized carbons (Fsp3) is 0.208. The highest BCUT2D eigenvalue weighted by Crippen LogP contribution is 2.34. The lowest BCUT2D eigenvalue weighted by Crippen LogP contribution is -2.88. The molecule has 3 aromatic rings. The summed E-state index contributed by atoms with van der Waals surface area (Å²) in [4.78, 5) is 14.6. The number of nitrogens with one attached hydrogen (secondary N) is 1. The normalized spacial score (nSPS) is 16.5. The molecule has 1 amide bonds. The summed E-state index contributed by atoms with van der Waals surface area (Å²) >= 11 is 1.90. The molecule has 1 aliphatic rings. The monoisotopic (exact) mass is 405 g/mol. The number of quaternary nitrogens is 1.